The van der Waals surface area contributed by atoms with Crippen LogP contribution < -0.4 is 10.1 Å². The van der Waals surface area contributed by atoms with E-state index in [9.17, 15) is 9.59 Å². The largest absolute Gasteiger partial charge is 0.482 e. The topological polar surface area (TPSA) is 58.6 Å². The van der Waals surface area contributed by atoms with Crippen LogP contribution >= 0.6 is 50.7 Å². The minimum atomic E-state index is -0.671. The third-order valence-electron chi connectivity index (χ3n) is 4.97. The fourth-order valence-corrected chi connectivity index (χ4v) is 4.06. The molecule has 2 aromatic carbocycles. The van der Waals surface area contributed by atoms with Crippen molar-refractivity contribution in [1.29, 1.82) is 0 Å². The van der Waals surface area contributed by atoms with E-state index in [0.717, 1.165) is 16.5 Å². The Bertz CT molecular complexity index is 958. The smallest absolute Gasteiger partial charge is 0.261 e. The molecule has 32 heavy (non-hydrogen) atoms. The molecule has 174 valence electrons. The Morgan fingerprint density at radius 2 is 1.75 bits per heavy atom. The molecule has 0 aliphatic heterocycles. The Morgan fingerprint density at radius 3 is 2.34 bits per heavy atom. The van der Waals surface area contributed by atoms with Crippen molar-refractivity contribution in [2.24, 2.45) is 0 Å². The number of rotatable bonds is 10. The van der Waals surface area contributed by atoms with Crippen LogP contribution in [0, 0.1) is 0 Å². The molecule has 0 bridgehead atoms. The minimum absolute atomic E-state index is 0.00343. The van der Waals surface area contributed by atoms with Gasteiger partial charge in [0.15, 0.2) is 6.61 Å². The highest BCUT2D eigenvalue weighted by Gasteiger charge is 2.29. The minimum Gasteiger partial charge on any atom is -0.482 e. The summed E-state index contributed by atoms with van der Waals surface area (Å²) in [5, 5.41) is 4.14. The van der Waals surface area contributed by atoms with Gasteiger partial charge in [0, 0.05) is 17.1 Å². The van der Waals surface area contributed by atoms with E-state index < -0.39 is 6.04 Å². The van der Waals surface area contributed by atoms with Crippen LogP contribution in [0.3, 0.4) is 0 Å². The molecule has 2 rings (SSSR count). The summed E-state index contributed by atoms with van der Waals surface area (Å²) in [6, 6.07) is 9.59. The number of nitrogens with one attached hydrogen (secondary N) is 1. The van der Waals surface area contributed by atoms with Crippen LogP contribution in [-0.2, 0) is 16.1 Å². The number of amides is 2. The van der Waals surface area contributed by atoms with Gasteiger partial charge in [0.2, 0.25) is 5.91 Å². The van der Waals surface area contributed by atoms with Crippen molar-refractivity contribution < 1.29 is 14.3 Å². The number of benzene rings is 2. The zero-order valence-electron chi connectivity index (χ0n) is 18.1. The van der Waals surface area contributed by atoms with Gasteiger partial charge in [0.25, 0.3) is 5.91 Å². The monoisotopic (exact) mass is 562 g/mol. The van der Waals surface area contributed by atoms with Crippen molar-refractivity contribution in [3.63, 3.8) is 0 Å². The predicted molar refractivity (Wildman–Crippen MR) is 134 cm³/mol. The summed E-state index contributed by atoms with van der Waals surface area (Å²) in [5.41, 5.74) is 0.754. The molecule has 2 atom stereocenters. The molecule has 0 radical (unpaired) electrons. The second kappa shape index (κ2) is 12.7. The fourth-order valence-electron chi connectivity index (χ4n) is 3.01. The SMILES string of the molecule is CC[C@H](C)NC(=O)[C@H](CC)N(Cc1ccc(Cl)c(Cl)c1)C(=O)COc1ccc(Br)cc1Cl. The van der Waals surface area contributed by atoms with E-state index in [1.807, 2.05) is 20.8 Å². The third kappa shape index (κ3) is 7.55. The molecule has 1 N–H and O–H groups in total. The standard InChI is InChI=1S/C23H26BrCl3N2O3/c1-4-14(3)28-23(31)20(5-2)29(12-15-6-8-17(25)18(26)10-15)22(30)13-32-21-9-7-16(24)11-19(21)27/h6-11,14,20H,4-5,12-13H2,1-3H3,(H,28,31)/t14-,20-/m0/s1. The molecule has 0 saturated carbocycles. The van der Waals surface area contributed by atoms with Crippen molar-refractivity contribution in [3.8, 4) is 5.75 Å². The number of carbonyl (C=O) groups excluding carboxylic acids is 2. The van der Waals surface area contributed by atoms with Crippen molar-refractivity contribution in [2.75, 3.05) is 6.61 Å². The van der Waals surface area contributed by atoms with Crippen LogP contribution in [0.15, 0.2) is 40.9 Å². The number of carbonyl (C=O) groups is 2. The van der Waals surface area contributed by atoms with E-state index in [-0.39, 0.29) is 31.0 Å². The van der Waals surface area contributed by atoms with Crippen LogP contribution in [-0.4, -0.2) is 35.4 Å². The van der Waals surface area contributed by atoms with E-state index in [1.165, 1.54) is 4.90 Å². The van der Waals surface area contributed by atoms with Crippen LogP contribution in [0.25, 0.3) is 0 Å². The van der Waals surface area contributed by atoms with Gasteiger partial charge in [-0.15, -0.1) is 0 Å². The zero-order valence-corrected chi connectivity index (χ0v) is 22.0. The second-order valence-corrected chi connectivity index (χ2v) is 9.51. The number of ether oxygens (including phenoxy) is 1. The van der Waals surface area contributed by atoms with E-state index in [2.05, 4.69) is 21.2 Å². The maximum atomic E-state index is 13.2. The zero-order chi connectivity index (χ0) is 23.8. The quantitative estimate of drug-likeness (QED) is 0.358. The van der Waals surface area contributed by atoms with Gasteiger partial charge in [0.1, 0.15) is 11.8 Å². The summed E-state index contributed by atoms with van der Waals surface area (Å²) >= 11 is 21.7. The van der Waals surface area contributed by atoms with Gasteiger partial charge >= 0.3 is 0 Å². The van der Waals surface area contributed by atoms with Crippen LogP contribution in [0.4, 0.5) is 0 Å². The van der Waals surface area contributed by atoms with E-state index in [0.29, 0.717) is 27.2 Å². The van der Waals surface area contributed by atoms with Gasteiger partial charge in [-0.3, -0.25) is 9.59 Å². The van der Waals surface area contributed by atoms with E-state index in [4.69, 9.17) is 39.5 Å². The van der Waals surface area contributed by atoms with E-state index in [1.54, 1.807) is 36.4 Å². The molecule has 0 saturated heterocycles. The first-order valence-corrected chi connectivity index (χ1v) is 12.2. The molecule has 0 aliphatic rings. The highest BCUT2D eigenvalue weighted by Crippen LogP contribution is 2.28. The molecule has 2 aromatic rings. The molecule has 0 heterocycles. The first-order valence-electron chi connectivity index (χ1n) is 10.3. The molecule has 0 aromatic heterocycles. The van der Waals surface area contributed by atoms with Gasteiger partial charge in [-0.05, 0) is 55.7 Å². The van der Waals surface area contributed by atoms with Gasteiger partial charge in [-0.1, -0.05) is 70.6 Å². The van der Waals surface area contributed by atoms with Gasteiger partial charge < -0.3 is 15.0 Å². The highest BCUT2D eigenvalue weighted by atomic mass is 79.9. The number of hydrogen-bond donors (Lipinski definition) is 1. The molecular weight excluding hydrogens is 539 g/mol. The molecule has 9 heteroatoms. The average molecular weight is 565 g/mol. The molecule has 0 aliphatic carbocycles. The van der Waals surface area contributed by atoms with Crippen LogP contribution in [0.5, 0.6) is 5.75 Å². The summed E-state index contributed by atoms with van der Waals surface area (Å²) in [4.78, 5) is 27.7. The van der Waals surface area contributed by atoms with Crippen molar-refractivity contribution in [3.05, 3.63) is 61.5 Å². The first-order chi connectivity index (χ1) is 15.2. The third-order valence-corrected chi connectivity index (χ3v) is 6.50. The second-order valence-electron chi connectivity index (χ2n) is 7.38. The Balaban J connectivity index is 2.26. The average Bonchev–Trinajstić information content (AvgIpc) is 2.75. The maximum Gasteiger partial charge on any atom is 0.261 e. The summed E-state index contributed by atoms with van der Waals surface area (Å²) in [6.07, 6.45) is 1.22. The summed E-state index contributed by atoms with van der Waals surface area (Å²) in [5.74, 6) is -0.173. The summed E-state index contributed by atoms with van der Waals surface area (Å²) in [7, 11) is 0. The Hall–Kier alpha value is -1.47. The molecule has 0 spiro atoms. The van der Waals surface area contributed by atoms with Crippen molar-refractivity contribution >= 4 is 62.5 Å². The van der Waals surface area contributed by atoms with Crippen LogP contribution in [0.1, 0.15) is 39.2 Å². The highest BCUT2D eigenvalue weighted by molar-refractivity contribution is 9.10. The molecule has 0 unspecified atom stereocenters. The fraction of sp³-hybridized carbons (Fsp3) is 0.391. The van der Waals surface area contributed by atoms with Crippen molar-refractivity contribution in [2.45, 2.75) is 52.2 Å². The Morgan fingerprint density at radius 1 is 1.03 bits per heavy atom. The first kappa shape index (κ1) is 26.8. The lowest BCUT2D eigenvalue weighted by atomic mass is 10.1. The van der Waals surface area contributed by atoms with Crippen LogP contribution in [0.2, 0.25) is 15.1 Å². The Labute approximate surface area is 212 Å². The summed E-state index contributed by atoms with van der Waals surface area (Å²) in [6.45, 7) is 5.69. The number of halogens is 4. The maximum absolute atomic E-state index is 13.2. The molecule has 5 nitrogen and oxygen atoms in total. The lowest BCUT2D eigenvalue weighted by Gasteiger charge is -2.31. The molecule has 2 amide bonds. The summed E-state index contributed by atoms with van der Waals surface area (Å²) < 4.78 is 6.47. The normalized spacial score (nSPS) is 12.7. The van der Waals surface area contributed by atoms with Gasteiger partial charge in [-0.25, -0.2) is 0 Å². The van der Waals surface area contributed by atoms with Gasteiger partial charge in [-0.2, -0.15) is 0 Å². The molecule has 0 fully saturated rings. The lowest BCUT2D eigenvalue weighted by Crippen LogP contribution is -2.51. The van der Waals surface area contributed by atoms with E-state index >= 15 is 0 Å². The number of nitrogens with zero attached hydrogens (tertiary/aromatic N) is 1. The lowest BCUT2D eigenvalue weighted by molar-refractivity contribution is -0.143. The van der Waals surface area contributed by atoms with Gasteiger partial charge in [0.05, 0.1) is 15.1 Å². The predicted octanol–water partition coefficient (Wildman–Crippen LogP) is 6.51. The van der Waals surface area contributed by atoms with Crippen molar-refractivity contribution in [1.82, 2.24) is 10.2 Å². The Kier molecular flexibility index (Phi) is 10.6. The number of hydrogen-bond acceptors (Lipinski definition) is 3. The molecular formula is C23H26BrCl3N2O3.